The predicted octanol–water partition coefficient (Wildman–Crippen LogP) is 2.21. The SMILES string of the molecule is C=C/C=C(\C=C/C)C(O)P(O)(=S)CCC(N)C(=O)O.CC. The quantitative estimate of drug-likeness (QED) is 0.400. The van der Waals surface area contributed by atoms with Crippen molar-refractivity contribution in [3.63, 3.8) is 0 Å². The van der Waals surface area contributed by atoms with Gasteiger partial charge in [-0.25, -0.2) is 0 Å². The van der Waals surface area contributed by atoms with E-state index in [-0.39, 0.29) is 12.6 Å². The van der Waals surface area contributed by atoms with Gasteiger partial charge in [0.1, 0.15) is 11.9 Å². The van der Waals surface area contributed by atoms with Crippen LogP contribution in [0.1, 0.15) is 27.2 Å². The van der Waals surface area contributed by atoms with E-state index >= 15 is 0 Å². The molecule has 0 heterocycles. The van der Waals surface area contributed by atoms with Crippen molar-refractivity contribution < 1.29 is 19.9 Å². The highest BCUT2D eigenvalue weighted by molar-refractivity contribution is 8.12. The van der Waals surface area contributed by atoms with Crippen LogP contribution >= 0.6 is 6.26 Å². The van der Waals surface area contributed by atoms with Gasteiger partial charge >= 0.3 is 5.97 Å². The number of carbonyl (C=O) groups is 1. The van der Waals surface area contributed by atoms with Crippen LogP contribution in [0.25, 0.3) is 0 Å². The summed E-state index contributed by atoms with van der Waals surface area (Å²) in [5.74, 6) is -2.36. The van der Waals surface area contributed by atoms with Crippen LogP contribution in [-0.2, 0) is 16.6 Å². The summed E-state index contributed by atoms with van der Waals surface area (Å²) < 4.78 is 0. The largest absolute Gasteiger partial charge is 0.480 e. The molecular weight excluding hydrogens is 309 g/mol. The van der Waals surface area contributed by atoms with Gasteiger partial charge in [0, 0.05) is 6.16 Å². The monoisotopic (exact) mass is 335 g/mol. The van der Waals surface area contributed by atoms with Crippen LogP contribution in [0.4, 0.5) is 0 Å². The second-order valence-corrected chi connectivity index (χ2v) is 8.33. The van der Waals surface area contributed by atoms with Gasteiger partial charge in [-0.05, 0) is 18.9 Å². The van der Waals surface area contributed by atoms with Gasteiger partial charge in [-0.2, -0.15) is 0 Å². The van der Waals surface area contributed by atoms with Crippen molar-refractivity contribution in [2.45, 2.75) is 39.1 Å². The molecule has 122 valence electrons. The zero-order chi connectivity index (χ0) is 17.1. The molecule has 0 aromatic carbocycles. The predicted molar refractivity (Wildman–Crippen MR) is 92.0 cm³/mol. The smallest absolute Gasteiger partial charge is 0.320 e. The van der Waals surface area contributed by atoms with Crippen molar-refractivity contribution in [1.29, 1.82) is 0 Å². The fourth-order valence-electron chi connectivity index (χ4n) is 1.36. The lowest BCUT2D eigenvalue weighted by atomic mass is 10.2. The molecule has 0 saturated heterocycles. The summed E-state index contributed by atoms with van der Waals surface area (Å²) in [5.41, 5.74) is 5.80. The third-order valence-corrected chi connectivity index (χ3v) is 5.54. The zero-order valence-corrected chi connectivity index (χ0v) is 14.5. The number of carboxylic acids is 1. The Morgan fingerprint density at radius 1 is 1.48 bits per heavy atom. The molecule has 0 aliphatic rings. The van der Waals surface area contributed by atoms with Crippen LogP contribution < -0.4 is 5.73 Å². The van der Waals surface area contributed by atoms with Crippen LogP contribution in [0.15, 0.2) is 36.5 Å². The lowest BCUT2D eigenvalue weighted by Crippen LogP contribution is -2.31. The van der Waals surface area contributed by atoms with E-state index in [4.69, 9.17) is 22.6 Å². The van der Waals surface area contributed by atoms with Crippen molar-refractivity contribution in [3.8, 4) is 0 Å². The molecule has 21 heavy (non-hydrogen) atoms. The molecule has 0 bridgehead atoms. The van der Waals surface area contributed by atoms with Crippen molar-refractivity contribution >= 4 is 24.0 Å². The van der Waals surface area contributed by atoms with E-state index in [0.29, 0.717) is 5.57 Å². The van der Waals surface area contributed by atoms with E-state index in [9.17, 15) is 14.8 Å². The van der Waals surface area contributed by atoms with Gasteiger partial charge in [0.15, 0.2) is 0 Å². The Balaban J connectivity index is 0. The normalized spacial score (nSPS) is 17.3. The van der Waals surface area contributed by atoms with Gasteiger partial charge in [-0.15, -0.1) is 0 Å². The molecule has 0 rings (SSSR count). The maximum absolute atomic E-state index is 10.6. The number of allylic oxidation sites excluding steroid dienone is 3. The summed E-state index contributed by atoms with van der Waals surface area (Å²) >= 11 is 5.03. The topological polar surface area (TPSA) is 104 Å². The number of carboxylic acid groups (broad SMARTS) is 1. The number of aliphatic carboxylic acids is 1. The summed E-state index contributed by atoms with van der Waals surface area (Å²) in [6.45, 7) is 9.29. The summed E-state index contributed by atoms with van der Waals surface area (Å²) in [7, 11) is 0. The van der Waals surface area contributed by atoms with Crippen LogP contribution in [0, 0.1) is 0 Å². The molecule has 3 unspecified atom stereocenters. The number of hydrogen-bond acceptors (Lipinski definition) is 4. The Hall–Kier alpha value is -0.780. The standard InChI is InChI=1S/C12H20NO4PS.C2H6/c1-3-5-9(6-4-2)12(16)18(17,19)8-7-10(13)11(14)15;1-2/h3-6,10,12,16H,1,7-8,13H2,2H3,(H,14,15)(H,17,19);1-2H3/b6-4-,9-5+;. The molecule has 0 radical (unpaired) electrons. The Bertz CT molecular complexity index is 435. The van der Waals surface area contributed by atoms with E-state index < -0.39 is 24.1 Å². The van der Waals surface area contributed by atoms with Gasteiger partial charge in [-0.3, -0.25) is 4.79 Å². The highest BCUT2D eigenvalue weighted by atomic mass is 32.4. The van der Waals surface area contributed by atoms with E-state index in [1.54, 1.807) is 25.2 Å². The average molecular weight is 335 g/mol. The first-order valence-corrected chi connectivity index (χ1v) is 9.70. The lowest BCUT2D eigenvalue weighted by Gasteiger charge is -2.23. The zero-order valence-electron chi connectivity index (χ0n) is 12.8. The second kappa shape index (κ2) is 11.8. The third-order valence-electron chi connectivity index (χ3n) is 2.43. The first-order chi connectivity index (χ1) is 9.76. The number of aliphatic hydroxyl groups is 1. The molecule has 3 atom stereocenters. The Kier molecular flexibility index (Phi) is 12.7. The van der Waals surface area contributed by atoms with Crippen LogP contribution in [0.5, 0.6) is 0 Å². The molecule has 0 spiro atoms. The van der Waals surface area contributed by atoms with Crippen LogP contribution in [0.3, 0.4) is 0 Å². The van der Waals surface area contributed by atoms with E-state index in [0.717, 1.165) is 0 Å². The minimum atomic E-state index is -3.11. The van der Waals surface area contributed by atoms with Gasteiger partial charge in [0.2, 0.25) is 0 Å². The number of aliphatic hydroxyl groups excluding tert-OH is 1. The third kappa shape index (κ3) is 8.96. The minimum Gasteiger partial charge on any atom is -0.480 e. The molecule has 0 aliphatic carbocycles. The Morgan fingerprint density at radius 2 is 2.00 bits per heavy atom. The van der Waals surface area contributed by atoms with E-state index in [1.807, 2.05) is 13.8 Å². The molecule has 0 saturated carbocycles. The summed E-state index contributed by atoms with van der Waals surface area (Å²) in [4.78, 5) is 20.8. The average Bonchev–Trinajstić information content (AvgIpc) is 2.45. The van der Waals surface area contributed by atoms with Gasteiger partial charge in [0.25, 0.3) is 0 Å². The van der Waals surface area contributed by atoms with E-state index in [2.05, 4.69) is 6.58 Å². The number of rotatable bonds is 8. The first kappa shape index (κ1) is 22.5. The fraction of sp³-hybridized carbons (Fsp3) is 0.500. The molecule has 7 heteroatoms. The molecule has 0 aromatic heterocycles. The van der Waals surface area contributed by atoms with Gasteiger partial charge < -0.3 is 20.8 Å². The maximum Gasteiger partial charge on any atom is 0.320 e. The maximum atomic E-state index is 10.6. The Labute approximate surface area is 132 Å². The summed E-state index contributed by atoms with van der Waals surface area (Å²) in [5, 5.41) is 18.8. The summed E-state index contributed by atoms with van der Waals surface area (Å²) in [6, 6.07) is -1.09. The second-order valence-electron chi connectivity index (χ2n) is 3.99. The van der Waals surface area contributed by atoms with Crippen molar-refractivity contribution in [3.05, 3.63) is 36.5 Å². The molecule has 0 fully saturated rings. The summed E-state index contributed by atoms with van der Waals surface area (Å²) in [6.07, 6.45) is 3.28. The van der Waals surface area contributed by atoms with Crippen LogP contribution in [0.2, 0.25) is 0 Å². The van der Waals surface area contributed by atoms with E-state index in [1.165, 1.54) is 6.08 Å². The molecule has 0 amide bonds. The highest BCUT2D eigenvalue weighted by Gasteiger charge is 2.27. The van der Waals surface area contributed by atoms with Crippen molar-refractivity contribution in [2.75, 3.05) is 6.16 Å². The van der Waals surface area contributed by atoms with Gasteiger partial charge in [-0.1, -0.05) is 56.5 Å². The molecule has 0 aliphatic heterocycles. The lowest BCUT2D eigenvalue weighted by molar-refractivity contribution is -0.138. The Morgan fingerprint density at radius 3 is 2.38 bits per heavy atom. The van der Waals surface area contributed by atoms with Crippen molar-refractivity contribution in [1.82, 2.24) is 0 Å². The minimum absolute atomic E-state index is 0.00298. The molecule has 5 nitrogen and oxygen atoms in total. The first-order valence-electron chi connectivity index (χ1n) is 6.69. The molecule has 5 N–H and O–H groups in total. The van der Waals surface area contributed by atoms with Crippen molar-refractivity contribution in [2.24, 2.45) is 5.73 Å². The molecular formula is C14H26NO4PS. The highest BCUT2D eigenvalue weighted by Crippen LogP contribution is 2.49. The number of hydrogen-bond donors (Lipinski definition) is 4. The fourth-order valence-corrected chi connectivity index (χ4v) is 3.57. The van der Waals surface area contributed by atoms with Crippen LogP contribution in [-0.4, -0.2) is 39.1 Å². The van der Waals surface area contributed by atoms with Gasteiger partial charge in [0.05, 0.1) is 6.26 Å². The molecule has 0 aromatic rings. The number of nitrogens with two attached hydrogens (primary N) is 1.